The van der Waals surface area contributed by atoms with Gasteiger partial charge in [0.2, 0.25) is 5.91 Å². The Balaban J connectivity index is 1.80. The van der Waals surface area contributed by atoms with Gasteiger partial charge in [-0.05, 0) is 43.2 Å². The lowest BCUT2D eigenvalue weighted by atomic mass is 9.81. The normalized spacial score (nSPS) is 17.2. The molecule has 0 aliphatic carbocycles. The quantitative estimate of drug-likeness (QED) is 0.578. The van der Waals surface area contributed by atoms with Crippen LogP contribution in [0.1, 0.15) is 46.4 Å². The molecule has 8 heteroatoms. The van der Waals surface area contributed by atoms with Crippen molar-refractivity contribution in [3.63, 3.8) is 0 Å². The Morgan fingerprint density at radius 3 is 2.64 bits per heavy atom. The summed E-state index contributed by atoms with van der Waals surface area (Å²) in [5.74, 6) is 0.761. The third-order valence-corrected chi connectivity index (χ3v) is 5.77. The predicted octanol–water partition coefficient (Wildman–Crippen LogP) is 3.41. The van der Waals surface area contributed by atoms with Crippen LogP contribution in [-0.4, -0.2) is 41.4 Å². The lowest BCUT2D eigenvalue weighted by Gasteiger charge is -2.33. The fourth-order valence-electron chi connectivity index (χ4n) is 4.24. The number of ether oxygens (including phenoxy) is 2. The third-order valence-electron chi connectivity index (χ3n) is 5.77. The number of fused-ring (bicyclic) bond motifs is 1. The summed E-state index contributed by atoms with van der Waals surface area (Å²) in [6.07, 6.45) is 0.848. The number of nitrogens with zero attached hydrogens (tertiary/aromatic N) is 2. The van der Waals surface area contributed by atoms with Crippen molar-refractivity contribution in [3.8, 4) is 11.5 Å². The van der Waals surface area contributed by atoms with Crippen LogP contribution in [0.2, 0.25) is 0 Å². The Morgan fingerprint density at radius 1 is 1.18 bits per heavy atom. The van der Waals surface area contributed by atoms with Gasteiger partial charge in [-0.15, -0.1) is 0 Å². The molecule has 2 N–H and O–H groups in total. The first-order valence-corrected chi connectivity index (χ1v) is 11.0. The van der Waals surface area contributed by atoms with E-state index >= 15 is 0 Å². The number of carbonyl (C=O) groups excluding carboxylic acids is 2. The van der Waals surface area contributed by atoms with Gasteiger partial charge in [0.25, 0.3) is 5.91 Å². The highest BCUT2D eigenvalue weighted by atomic mass is 16.5. The summed E-state index contributed by atoms with van der Waals surface area (Å²) in [6.45, 7) is 4.47. The molecule has 2 atom stereocenters. The fourth-order valence-corrected chi connectivity index (χ4v) is 4.24. The maximum atomic E-state index is 13.2. The Bertz CT molecular complexity index is 1170. The van der Waals surface area contributed by atoms with Crippen LogP contribution in [0, 0.1) is 6.92 Å². The smallest absolute Gasteiger partial charge is 0.251 e. The van der Waals surface area contributed by atoms with Gasteiger partial charge in [-0.3, -0.25) is 14.3 Å². The summed E-state index contributed by atoms with van der Waals surface area (Å²) in [6, 6.07) is 13.6. The molecule has 3 aromatic rings. The summed E-state index contributed by atoms with van der Waals surface area (Å²) < 4.78 is 13.0. The Labute approximate surface area is 192 Å². The van der Waals surface area contributed by atoms with Crippen molar-refractivity contribution < 1.29 is 19.1 Å². The summed E-state index contributed by atoms with van der Waals surface area (Å²) in [5.41, 5.74) is 2.96. The zero-order valence-electron chi connectivity index (χ0n) is 19.2. The van der Waals surface area contributed by atoms with Crippen LogP contribution in [0.4, 0.5) is 5.82 Å². The second-order valence-electron chi connectivity index (χ2n) is 8.01. The van der Waals surface area contributed by atoms with E-state index in [1.807, 2.05) is 38.1 Å². The van der Waals surface area contributed by atoms with Crippen molar-refractivity contribution in [1.29, 1.82) is 0 Å². The van der Waals surface area contributed by atoms with Gasteiger partial charge in [-0.25, -0.2) is 0 Å². The number of hydrogen-bond acceptors (Lipinski definition) is 5. The van der Waals surface area contributed by atoms with Gasteiger partial charge in [0.05, 0.1) is 19.4 Å². The number of benzene rings is 2. The first kappa shape index (κ1) is 22.4. The summed E-state index contributed by atoms with van der Waals surface area (Å²) in [4.78, 5) is 26.2. The second kappa shape index (κ2) is 9.36. The molecule has 0 bridgehead atoms. The van der Waals surface area contributed by atoms with E-state index in [-0.39, 0.29) is 11.8 Å². The number of anilines is 1. The van der Waals surface area contributed by atoms with Crippen molar-refractivity contribution in [1.82, 2.24) is 15.1 Å². The molecular weight excluding hydrogens is 420 g/mol. The Morgan fingerprint density at radius 2 is 1.94 bits per heavy atom. The van der Waals surface area contributed by atoms with E-state index in [2.05, 4.69) is 15.7 Å². The van der Waals surface area contributed by atoms with Gasteiger partial charge in [-0.1, -0.05) is 31.2 Å². The molecule has 0 spiro atoms. The van der Waals surface area contributed by atoms with Crippen LogP contribution in [0.15, 0.2) is 48.5 Å². The van der Waals surface area contributed by atoms with Crippen LogP contribution < -0.4 is 20.1 Å². The van der Waals surface area contributed by atoms with Crippen molar-refractivity contribution in [2.45, 2.75) is 32.2 Å². The van der Waals surface area contributed by atoms with E-state index in [1.165, 1.54) is 0 Å². The third kappa shape index (κ3) is 4.28. The number of aryl methyl sites for hydroxylation is 2. The molecule has 0 radical (unpaired) electrons. The second-order valence-corrected chi connectivity index (χ2v) is 8.01. The first-order chi connectivity index (χ1) is 15.9. The summed E-state index contributed by atoms with van der Waals surface area (Å²) in [7, 11) is 3.38. The molecule has 2 heterocycles. The van der Waals surface area contributed by atoms with Crippen LogP contribution in [0.25, 0.3) is 0 Å². The number of methoxy groups -OCH3 is 1. The fraction of sp³-hybridized carbons (Fsp3) is 0.320. The highest BCUT2D eigenvalue weighted by Crippen LogP contribution is 2.41. The first-order valence-electron chi connectivity index (χ1n) is 11.0. The maximum Gasteiger partial charge on any atom is 0.251 e. The number of rotatable bonds is 7. The molecule has 2 aromatic carbocycles. The van der Waals surface area contributed by atoms with Crippen molar-refractivity contribution in [2.24, 2.45) is 7.05 Å². The van der Waals surface area contributed by atoms with Crippen LogP contribution in [0.5, 0.6) is 11.5 Å². The van der Waals surface area contributed by atoms with Crippen LogP contribution >= 0.6 is 0 Å². The number of carbonyl (C=O) groups is 2. The number of aromatic nitrogens is 2. The van der Waals surface area contributed by atoms with Gasteiger partial charge in [-0.2, -0.15) is 5.10 Å². The minimum absolute atomic E-state index is 0.299. The standard InChI is InChI=1S/C25H28N4O4/c1-5-13-33-19-14-17(11-12-18(19)32-4)21-20-15(2)28-29(3)23(20)27-25(31)22(21)26-24(30)16-9-7-6-8-10-16/h6-12,14,21-22H,5,13H2,1-4H3,(H,26,30)(H,27,31)/t21-,22+/m1/s1. The van der Waals surface area contributed by atoms with E-state index < -0.39 is 12.0 Å². The highest BCUT2D eigenvalue weighted by molar-refractivity contribution is 6.03. The summed E-state index contributed by atoms with van der Waals surface area (Å²) >= 11 is 0. The lowest BCUT2D eigenvalue weighted by Crippen LogP contribution is -2.50. The van der Waals surface area contributed by atoms with Crippen LogP contribution in [0.3, 0.4) is 0 Å². The molecule has 1 aliphatic rings. The number of amides is 2. The average molecular weight is 449 g/mol. The molecule has 8 nitrogen and oxygen atoms in total. The van der Waals surface area contributed by atoms with Gasteiger partial charge in [0.1, 0.15) is 11.9 Å². The van der Waals surface area contributed by atoms with Gasteiger partial charge in [0, 0.05) is 24.1 Å². The number of hydrogen-bond donors (Lipinski definition) is 2. The predicted molar refractivity (Wildman–Crippen MR) is 125 cm³/mol. The molecule has 172 valence electrons. The molecule has 0 unspecified atom stereocenters. The van der Waals surface area contributed by atoms with Crippen molar-refractivity contribution in [2.75, 3.05) is 19.0 Å². The van der Waals surface area contributed by atoms with Crippen molar-refractivity contribution in [3.05, 3.63) is 70.9 Å². The molecule has 4 rings (SSSR count). The Hall–Kier alpha value is -3.81. The number of nitrogens with one attached hydrogen (secondary N) is 2. The average Bonchev–Trinajstić information content (AvgIpc) is 3.11. The maximum absolute atomic E-state index is 13.2. The van der Waals surface area contributed by atoms with Crippen LogP contribution in [-0.2, 0) is 11.8 Å². The lowest BCUT2D eigenvalue weighted by molar-refractivity contribution is -0.118. The van der Waals surface area contributed by atoms with E-state index in [1.54, 1.807) is 43.1 Å². The zero-order valence-corrected chi connectivity index (χ0v) is 19.2. The molecule has 1 aliphatic heterocycles. The molecule has 2 amide bonds. The van der Waals surface area contributed by atoms with E-state index in [4.69, 9.17) is 9.47 Å². The molecule has 0 saturated carbocycles. The largest absolute Gasteiger partial charge is 0.493 e. The zero-order chi connectivity index (χ0) is 23.5. The SMILES string of the molecule is CCCOc1cc([C@@H]2c3c(C)nn(C)c3NC(=O)[C@H]2NC(=O)c2ccccc2)ccc1OC. The molecule has 0 fully saturated rings. The van der Waals surface area contributed by atoms with E-state index in [9.17, 15) is 9.59 Å². The van der Waals surface area contributed by atoms with E-state index in [0.29, 0.717) is 29.5 Å². The summed E-state index contributed by atoms with van der Waals surface area (Å²) in [5, 5.41) is 10.4. The van der Waals surface area contributed by atoms with Gasteiger partial charge in [0.15, 0.2) is 11.5 Å². The minimum atomic E-state index is -0.833. The van der Waals surface area contributed by atoms with Gasteiger partial charge >= 0.3 is 0 Å². The monoisotopic (exact) mass is 448 g/mol. The van der Waals surface area contributed by atoms with Gasteiger partial charge < -0.3 is 20.1 Å². The molecular formula is C25H28N4O4. The van der Waals surface area contributed by atoms with Crippen molar-refractivity contribution >= 4 is 17.6 Å². The molecule has 33 heavy (non-hydrogen) atoms. The molecule has 1 aromatic heterocycles. The highest BCUT2D eigenvalue weighted by Gasteiger charge is 2.41. The van der Waals surface area contributed by atoms with E-state index in [0.717, 1.165) is 23.2 Å². The minimum Gasteiger partial charge on any atom is -0.493 e. The topological polar surface area (TPSA) is 94.5 Å². The molecule has 0 saturated heterocycles. The Kier molecular flexibility index (Phi) is 6.35.